The van der Waals surface area contributed by atoms with E-state index in [1.54, 1.807) is 0 Å². The molecule has 0 aromatic heterocycles. The summed E-state index contributed by atoms with van der Waals surface area (Å²) in [6, 6.07) is 2.59. The maximum absolute atomic E-state index is 13.8. The second-order valence-corrected chi connectivity index (χ2v) is 7.29. The van der Waals surface area contributed by atoms with Crippen molar-refractivity contribution in [2.24, 2.45) is 0 Å². The van der Waals surface area contributed by atoms with E-state index in [1.165, 1.54) is 19.1 Å². The fraction of sp³-hybridized carbons (Fsp3) is 0.538. The van der Waals surface area contributed by atoms with Crippen molar-refractivity contribution in [1.29, 1.82) is 0 Å². The Morgan fingerprint density at radius 1 is 1.26 bits per heavy atom. The SMILES string of the molecule is Cc1ccc(C(O)C2CCCCS2(=O)=O)c(F)c1F. The van der Waals surface area contributed by atoms with Gasteiger partial charge in [0.25, 0.3) is 0 Å². The summed E-state index contributed by atoms with van der Waals surface area (Å²) in [5.74, 6) is -2.21. The number of rotatable bonds is 2. The lowest BCUT2D eigenvalue weighted by atomic mass is 10.00. The van der Waals surface area contributed by atoms with E-state index in [2.05, 4.69) is 0 Å². The molecule has 3 nitrogen and oxygen atoms in total. The molecule has 19 heavy (non-hydrogen) atoms. The zero-order valence-electron chi connectivity index (χ0n) is 10.6. The van der Waals surface area contributed by atoms with Gasteiger partial charge in [-0.15, -0.1) is 0 Å². The zero-order valence-corrected chi connectivity index (χ0v) is 11.4. The Morgan fingerprint density at radius 2 is 1.95 bits per heavy atom. The van der Waals surface area contributed by atoms with Crippen LogP contribution in [0.25, 0.3) is 0 Å². The molecular weight excluding hydrogens is 274 g/mol. The number of hydrogen-bond donors (Lipinski definition) is 1. The Labute approximate surface area is 111 Å². The molecule has 0 radical (unpaired) electrons. The van der Waals surface area contributed by atoms with Crippen molar-refractivity contribution in [3.05, 3.63) is 34.9 Å². The standard InChI is InChI=1S/C13H16F2O3S/c1-8-5-6-9(12(15)11(8)14)13(16)10-4-2-3-7-19(10,17)18/h5-6,10,13,16H,2-4,7H2,1H3. The third-order valence-corrected chi connectivity index (χ3v) is 5.88. The normalized spacial score (nSPS) is 24.1. The first kappa shape index (κ1) is 14.4. The molecule has 0 bridgehead atoms. The summed E-state index contributed by atoms with van der Waals surface area (Å²) in [5.41, 5.74) is -0.154. The highest BCUT2D eigenvalue weighted by atomic mass is 32.2. The number of benzene rings is 1. The molecule has 1 aliphatic rings. The van der Waals surface area contributed by atoms with Crippen LogP contribution < -0.4 is 0 Å². The topological polar surface area (TPSA) is 54.4 Å². The van der Waals surface area contributed by atoms with Crippen molar-refractivity contribution >= 4 is 9.84 Å². The summed E-state index contributed by atoms with van der Waals surface area (Å²) in [7, 11) is -3.45. The molecule has 0 amide bonds. The van der Waals surface area contributed by atoms with Crippen LogP contribution in [-0.4, -0.2) is 24.5 Å². The van der Waals surface area contributed by atoms with E-state index in [1.807, 2.05) is 0 Å². The van der Waals surface area contributed by atoms with Crippen molar-refractivity contribution in [2.75, 3.05) is 5.75 Å². The van der Waals surface area contributed by atoms with Crippen LogP contribution in [-0.2, 0) is 9.84 Å². The van der Waals surface area contributed by atoms with Gasteiger partial charge in [-0.1, -0.05) is 18.6 Å². The minimum absolute atomic E-state index is 0.00924. The second-order valence-electron chi connectivity index (χ2n) is 4.95. The second kappa shape index (κ2) is 5.17. The molecule has 1 aromatic carbocycles. The smallest absolute Gasteiger partial charge is 0.164 e. The van der Waals surface area contributed by atoms with Gasteiger partial charge in [-0.05, 0) is 25.3 Å². The highest BCUT2D eigenvalue weighted by Crippen LogP contribution is 2.32. The van der Waals surface area contributed by atoms with E-state index in [4.69, 9.17) is 0 Å². The predicted molar refractivity (Wildman–Crippen MR) is 67.5 cm³/mol. The van der Waals surface area contributed by atoms with Crippen LogP contribution in [0.15, 0.2) is 12.1 Å². The third-order valence-electron chi connectivity index (χ3n) is 3.60. The van der Waals surface area contributed by atoms with Crippen LogP contribution in [0.2, 0.25) is 0 Å². The lowest BCUT2D eigenvalue weighted by Crippen LogP contribution is -2.34. The molecule has 1 aliphatic heterocycles. The average Bonchev–Trinajstić information content (AvgIpc) is 2.35. The number of hydrogen-bond acceptors (Lipinski definition) is 3. The molecule has 2 rings (SSSR count). The van der Waals surface area contributed by atoms with Crippen LogP contribution in [0, 0.1) is 18.6 Å². The zero-order chi connectivity index (χ0) is 14.2. The lowest BCUT2D eigenvalue weighted by Gasteiger charge is -2.27. The summed E-state index contributed by atoms with van der Waals surface area (Å²) in [5, 5.41) is 9.05. The van der Waals surface area contributed by atoms with Gasteiger partial charge in [-0.2, -0.15) is 0 Å². The van der Waals surface area contributed by atoms with E-state index in [9.17, 15) is 22.3 Å². The molecule has 1 aromatic rings. The minimum Gasteiger partial charge on any atom is -0.387 e. The molecular formula is C13H16F2O3S. The quantitative estimate of drug-likeness (QED) is 0.909. The monoisotopic (exact) mass is 290 g/mol. The maximum atomic E-state index is 13.8. The van der Waals surface area contributed by atoms with Gasteiger partial charge < -0.3 is 5.11 Å². The molecule has 0 spiro atoms. The molecule has 0 aliphatic carbocycles. The summed E-state index contributed by atoms with van der Waals surface area (Å²) in [4.78, 5) is 0. The average molecular weight is 290 g/mol. The van der Waals surface area contributed by atoms with E-state index >= 15 is 0 Å². The molecule has 1 N–H and O–H groups in total. The fourth-order valence-electron chi connectivity index (χ4n) is 2.42. The highest BCUT2D eigenvalue weighted by Gasteiger charge is 2.37. The minimum atomic E-state index is -3.45. The Hall–Kier alpha value is -1.01. The lowest BCUT2D eigenvalue weighted by molar-refractivity contribution is 0.158. The summed E-state index contributed by atoms with van der Waals surface area (Å²) < 4.78 is 51.0. The van der Waals surface area contributed by atoms with Crippen LogP contribution in [0.3, 0.4) is 0 Å². The molecule has 1 fully saturated rings. The molecule has 1 heterocycles. The van der Waals surface area contributed by atoms with E-state index in [0.29, 0.717) is 12.8 Å². The van der Waals surface area contributed by atoms with Gasteiger partial charge >= 0.3 is 0 Å². The molecule has 2 unspecified atom stereocenters. The van der Waals surface area contributed by atoms with Crippen LogP contribution in [0.4, 0.5) is 8.78 Å². The van der Waals surface area contributed by atoms with Crippen molar-refractivity contribution in [1.82, 2.24) is 0 Å². The highest BCUT2D eigenvalue weighted by molar-refractivity contribution is 7.92. The van der Waals surface area contributed by atoms with Gasteiger partial charge in [0, 0.05) is 5.56 Å². The Morgan fingerprint density at radius 3 is 2.58 bits per heavy atom. The number of sulfone groups is 1. The van der Waals surface area contributed by atoms with E-state index in [0.717, 1.165) is 0 Å². The van der Waals surface area contributed by atoms with Gasteiger partial charge in [0.15, 0.2) is 21.5 Å². The Bertz CT molecular complexity index is 584. The number of aliphatic hydroxyl groups excluding tert-OH is 1. The Kier molecular flexibility index (Phi) is 3.92. The Balaban J connectivity index is 2.39. The molecule has 106 valence electrons. The predicted octanol–water partition coefficient (Wildman–Crippen LogP) is 2.27. The van der Waals surface area contributed by atoms with Gasteiger partial charge in [0.05, 0.1) is 17.1 Å². The van der Waals surface area contributed by atoms with Crippen molar-refractivity contribution < 1.29 is 22.3 Å². The van der Waals surface area contributed by atoms with Gasteiger partial charge in [-0.3, -0.25) is 0 Å². The van der Waals surface area contributed by atoms with Gasteiger partial charge in [0.2, 0.25) is 0 Å². The maximum Gasteiger partial charge on any atom is 0.164 e. The number of halogens is 2. The van der Waals surface area contributed by atoms with Crippen LogP contribution >= 0.6 is 0 Å². The first-order valence-corrected chi connectivity index (χ1v) is 7.90. The third kappa shape index (κ3) is 2.65. The first-order chi connectivity index (χ1) is 8.84. The number of aliphatic hydroxyl groups is 1. The molecule has 6 heteroatoms. The van der Waals surface area contributed by atoms with E-state index in [-0.39, 0.29) is 23.3 Å². The van der Waals surface area contributed by atoms with Crippen LogP contribution in [0.1, 0.15) is 36.5 Å². The molecule has 0 saturated carbocycles. The van der Waals surface area contributed by atoms with Crippen molar-refractivity contribution in [2.45, 2.75) is 37.5 Å². The van der Waals surface area contributed by atoms with Crippen molar-refractivity contribution in [3.8, 4) is 0 Å². The molecule has 1 saturated heterocycles. The van der Waals surface area contributed by atoms with Crippen LogP contribution in [0.5, 0.6) is 0 Å². The van der Waals surface area contributed by atoms with Gasteiger partial charge in [-0.25, -0.2) is 17.2 Å². The first-order valence-electron chi connectivity index (χ1n) is 6.18. The molecule has 2 atom stereocenters. The van der Waals surface area contributed by atoms with Gasteiger partial charge in [0.1, 0.15) is 0 Å². The fourth-order valence-corrected chi connectivity index (χ4v) is 4.40. The van der Waals surface area contributed by atoms with E-state index < -0.39 is 32.8 Å². The summed E-state index contributed by atoms with van der Waals surface area (Å²) >= 11 is 0. The summed E-state index contributed by atoms with van der Waals surface area (Å²) in [6.45, 7) is 1.41. The number of aryl methyl sites for hydroxylation is 1. The largest absolute Gasteiger partial charge is 0.387 e. The summed E-state index contributed by atoms with van der Waals surface area (Å²) in [6.07, 6.45) is -0.0218. The van der Waals surface area contributed by atoms with Crippen molar-refractivity contribution in [3.63, 3.8) is 0 Å².